The maximum absolute atomic E-state index is 8.78. The second-order valence-electron chi connectivity index (χ2n) is 2.14. The van der Waals surface area contributed by atoms with Crippen LogP contribution in [-0.2, 0) is 0 Å². The largest absolute Gasteiger partial charge is 0.394 e. The first-order valence-corrected chi connectivity index (χ1v) is 3.02. The summed E-state index contributed by atoms with van der Waals surface area (Å²) in [5, 5.41) is 50.9. The van der Waals surface area contributed by atoms with Gasteiger partial charge in [-0.1, -0.05) is 0 Å². The molecule has 0 saturated heterocycles. The van der Waals surface area contributed by atoms with Gasteiger partial charge in [-0.2, -0.15) is 0 Å². The van der Waals surface area contributed by atoms with Crippen molar-refractivity contribution >= 4 is 0 Å². The molecule has 0 aliphatic heterocycles. The number of rotatable bonds is 4. The third-order valence-electron chi connectivity index (χ3n) is 1.24. The van der Waals surface area contributed by atoms with Crippen LogP contribution in [0.4, 0.5) is 0 Å². The van der Waals surface area contributed by atoms with Gasteiger partial charge < -0.3 is 30.6 Å². The molecule has 0 radical (unpaired) electrons. The molecule has 68 valence electrons. The van der Waals surface area contributed by atoms with Crippen molar-refractivity contribution < 1.29 is 30.6 Å². The van der Waals surface area contributed by atoms with Crippen molar-refractivity contribution in [2.75, 3.05) is 6.61 Å². The normalized spacial score (nSPS) is 19.9. The van der Waals surface area contributed by atoms with Crippen LogP contribution in [0.1, 0.15) is 0 Å². The lowest BCUT2D eigenvalue weighted by molar-refractivity contribution is -0.180. The molecule has 6 N–H and O–H groups in total. The molecule has 0 spiro atoms. The van der Waals surface area contributed by atoms with E-state index in [0.29, 0.717) is 0 Å². The van der Waals surface area contributed by atoms with Crippen molar-refractivity contribution in [1.29, 1.82) is 0 Å². The van der Waals surface area contributed by atoms with Crippen molar-refractivity contribution in [3.8, 4) is 0 Å². The molecule has 0 heterocycles. The van der Waals surface area contributed by atoms with Gasteiger partial charge in [-0.05, 0) is 0 Å². The molecule has 6 nitrogen and oxygen atoms in total. The minimum atomic E-state index is -2.13. The highest BCUT2D eigenvalue weighted by Gasteiger charge is 2.28. The summed E-state index contributed by atoms with van der Waals surface area (Å²) in [6.07, 6.45) is -7.35. The molecule has 3 atom stereocenters. The van der Waals surface area contributed by atoms with Crippen molar-refractivity contribution in [2.24, 2.45) is 0 Å². The van der Waals surface area contributed by atoms with Crippen LogP contribution in [-0.4, -0.2) is 61.8 Å². The Hall–Kier alpha value is -0.240. The predicted octanol–water partition coefficient (Wildman–Crippen LogP) is -3.63. The highest BCUT2D eigenvalue weighted by molar-refractivity contribution is 4.75. The van der Waals surface area contributed by atoms with Crippen molar-refractivity contribution in [3.63, 3.8) is 0 Å². The monoisotopic (exact) mass is 168 g/mol. The van der Waals surface area contributed by atoms with E-state index in [4.69, 9.17) is 30.6 Å². The Bertz CT molecular complexity index is 105. The van der Waals surface area contributed by atoms with Crippen LogP contribution in [0.25, 0.3) is 0 Å². The quantitative estimate of drug-likeness (QED) is 0.241. The standard InChI is InChI=1S/C5H12O6/c6-1-2(7)3(8)4(9)5(10)11/h2-11H,1H2/t2-,3-,4-/m0/s1. The minimum absolute atomic E-state index is 0.759. The average Bonchev–Trinajstić information content (AvgIpc) is 2.00. The highest BCUT2D eigenvalue weighted by atomic mass is 16.5. The van der Waals surface area contributed by atoms with Crippen molar-refractivity contribution in [1.82, 2.24) is 0 Å². The highest BCUT2D eigenvalue weighted by Crippen LogP contribution is 2.02. The molecule has 6 heteroatoms. The van der Waals surface area contributed by atoms with E-state index in [9.17, 15) is 0 Å². The fourth-order valence-corrected chi connectivity index (χ4v) is 0.512. The Balaban J connectivity index is 3.90. The fraction of sp³-hybridized carbons (Fsp3) is 1.00. The molecule has 0 fully saturated rings. The average molecular weight is 168 g/mol. The lowest BCUT2D eigenvalue weighted by Gasteiger charge is -2.22. The van der Waals surface area contributed by atoms with Crippen LogP contribution >= 0.6 is 0 Å². The second-order valence-corrected chi connectivity index (χ2v) is 2.14. The SMILES string of the molecule is OC[C@H](O)[C@H](O)[C@H](O)C(O)O. The summed E-state index contributed by atoms with van der Waals surface area (Å²) >= 11 is 0. The summed E-state index contributed by atoms with van der Waals surface area (Å²) in [6.45, 7) is -0.759. The Kier molecular flexibility index (Phi) is 4.50. The van der Waals surface area contributed by atoms with Crippen LogP contribution < -0.4 is 0 Å². The van der Waals surface area contributed by atoms with E-state index >= 15 is 0 Å². The smallest absolute Gasteiger partial charge is 0.180 e. The van der Waals surface area contributed by atoms with Crippen LogP contribution in [0.3, 0.4) is 0 Å². The molecule has 11 heavy (non-hydrogen) atoms. The van der Waals surface area contributed by atoms with Gasteiger partial charge in [0.25, 0.3) is 0 Å². The Morgan fingerprint density at radius 3 is 1.55 bits per heavy atom. The number of hydrogen-bond donors (Lipinski definition) is 6. The van der Waals surface area contributed by atoms with Gasteiger partial charge in [0, 0.05) is 0 Å². The van der Waals surface area contributed by atoms with E-state index in [-0.39, 0.29) is 0 Å². The van der Waals surface area contributed by atoms with Gasteiger partial charge >= 0.3 is 0 Å². The van der Waals surface area contributed by atoms with Gasteiger partial charge in [-0.25, -0.2) is 0 Å². The summed E-state index contributed by atoms with van der Waals surface area (Å²) in [5.41, 5.74) is 0. The van der Waals surface area contributed by atoms with E-state index in [0.717, 1.165) is 0 Å². The van der Waals surface area contributed by atoms with E-state index in [2.05, 4.69) is 0 Å². The van der Waals surface area contributed by atoms with Gasteiger partial charge in [-0.15, -0.1) is 0 Å². The zero-order chi connectivity index (χ0) is 9.02. The maximum Gasteiger partial charge on any atom is 0.180 e. The van der Waals surface area contributed by atoms with Crippen molar-refractivity contribution in [2.45, 2.75) is 24.6 Å². The predicted molar refractivity (Wildman–Crippen MR) is 33.3 cm³/mol. The molecular formula is C5H12O6. The number of aliphatic hydroxyl groups excluding tert-OH is 5. The summed E-state index contributed by atoms with van der Waals surface area (Å²) in [6, 6.07) is 0. The van der Waals surface area contributed by atoms with Crippen LogP contribution in [0.5, 0.6) is 0 Å². The third-order valence-corrected chi connectivity index (χ3v) is 1.24. The topological polar surface area (TPSA) is 121 Å². The van der Waals surface area contributed by atoms with Crippen LogP contribution in [0, 0.1) is 0 Å². The molecule has 0 amide bonds. The zero-order valence-electron chi connectivity index (χ0n) is 5.70. The molecule has 0 unspecified atom stereocenters. The maximum atomic E-state index is 8.78. The summed E-state index contributed by atoms with van der Waals surface area (Å²) in [7, 11) is 0. The lowest BCUT2D eigenvalue weighted by Crippen LogP contribution is -2.45. The molecule has 0 aliphatic carbocycles. The lowest BCUT2D eigenvalue weighted by atomic mass is 10.1. The van der Waals surface area contributed by atoms with E-state index < -0.39 is 31.2 Å². The molecule has 0 aromatic carbocycles. The second kappa shape index (κ2) is 4.60. The molecular weight excluding hydrogens is 156 g/mol. The Morgan fingerprint density at radius 2 is 1.27 bits per heavy atom. The molecule has 0 aliphatic rings. The Morgan fingerprint density at radius 1 is 0.818 bits per heavy atom. The van der Waals surface area contributed by atoms with Gasteiger partial charge in [0.05, 0.1) is 6.61 Å². The molecule has 0 bridgehead atoms. The molecule has 0 rings (SSSR count). The summed E-state index contributed by atoms with van der Waals surface area (Å²) < 4.78 is 0. The first-order valence-electron chi connectivity index (χ1n) is 3.02. The van der Waals surface area contributed by atoms with Crippen LogP contribution in [0.15, 0.2) is 0 Å². The van der Waals surface area contributed by atoms with Gasteiger partial charge in [-0.3, -0.25) is 0 Å². The van der Waals surface area contributed by atoms with E-state index in [1.165, 1.54) is 0 Å². The third kappa shape index (κ3) is 3.10. The first-order chi connectivity index (χ1) is 5.00. The van der Waals surface area contributed by atoms with E-state index in [1.54, 1.807) is 0 Å². The summed E-state index contributed by atoms with van der Waals surface area (Å²) in [5.74, 6) is 0. The van der Waals surface area contributed by atoms with Gasteiger partial charge in [0.2, 0.25) is 0 Å². The Labute approximate surface area is 63.0 Å². The van der Waals surface area contributed by atoms with Crippen LogP contribution in [0.2, 0.25) is 0 Å². The number of hydrogen-bond acceptors (Lipinski definition) is 6. The van der Waals surface area contributed by atoms with Gasteiger partial charge in [0.1, 0.15) is 18.3 Å². The molecule has 0 aromatic heterocycles. The fourth-order valence-electron chi connectivity index (χ4n) is 0.512. The number of aliphatic hydroxyl groups is 6. The molecule has 0 aromatic rings. The summed E-state index contributed by atoms with van der Waals surface area (Å²) in [4.78, 5) is 0. The molecule has 0 saturated carbocycles. The first kappa shape index (κ1) is 10.8. The zero-order valence-corrected chi connectivity index (χ0v) is 5.70. The van der Waals surface area contributed by atoms with Gasteiger partial charge in [0.15, 0.2) is 6.29 Å². The minimum Gasteiger partial charge on any atom is -0.394 e. The van der Waals surface area contributed by atoms with Crippen molar-refractivity contribution in [3.05, 3.63) is 0 Å². The van der Waals surface area contributed by atoms with E-state index in [1.807, 2.05) is 0 Å².